The second kappa shape index (κ2) is 5.10. The smallest absolute Gasteiger partial charge is 0.250 e. The van der Waals surface area contributed by atoms with Gasteiger partial charge in [-0.3, -0.25) is 10.1 Å². The van der Waals surface area contributed by atoms with Gasteiger partial charge < -0.3 is 4.79 Å². The maximum Gasteiger partial charge on any atom is 0.250 e. The second-order valence-corrected chi connectivity index (χ2v) is 4.29. The number of hydrogen-bond acceptors (Lipinski definition) is 3. The van der Waals surface area contributed by atoms with Crippen LogP contribution >= 0.6 is 11.6 Å². The number of aldehydes is 1. The highest BCUT2D eigenvalue weighted by Crippen LogP contribution is 2.30. The Morgan fingerprint density at radius 2 is 2.00 bits per heavy atom. The van der Waals surface area contributed by atoms with E-state index in [0.717, 1.165) is 0 Å². The van der Waals surface area contributed by atoms with E-state index in [2.05, 4.69) is 6.58 Å². The molecule has 0 saturated heterocycles. The summed E-state index contributed by atoms with van der Waals surface area (Å²) in [5.41, 5.74) is -0.973. The Hall–Kier alpha value is -1.68. The molecule has 0 saturated carbocycles. The summed E-state index contributed by atoms with van der Waals surface area (Å²) in [5, 5.41) is 11.6. The minimum Gasteiger partial charge on any atom is -0.302 e. The molecule has 0 radical (unpaired) electrons. The summed E-state index contributed by atoms with van der Waals surface area (Å²) in [5.74, 6) is -0.882. The molecule has 0 heterocycles. The van der Waals surface area contributed by atoms with Gasteiger partial charge in [0.1, 0.15) is 12.2 Å². The first kappa shape index (κ1) is 13.4. The number of nitrogens with zero attached hydrogens (tertiary/aromatic N) is 1. The Labute approximate surface area is 104 Å². The van der Waals surface area contributed by atoms with Gasteiger partial charge >= 0.3 is 0 Å². The molecule has 2 unspecified atom stereocenters. The topological polar surface area (TPSA) is 60.2 Å². The van der Waals surface area contributed by atoms with Crippen LogP contribution in [0.5, 0.6) is 0 Å². The Kier molecular flexibility index (Phi) is 4.02. The van der Waals surface area contributed by atoms with Crippen molar-refractivity contribution in [2.45, 2.75) is 18.4 Å². The fraction of sp³-hybridized carbons (Fsp3) is 0.250. The lowest BCUT2D eigenvalue weighted by Crippen LogP contribution is -2.40. The molecule has 0 bridgehead atoms. The normalized spacial score (nSPS) is 15.6. The maximum absolute atomic E-state index is 11.1. The average Bonchev–Trinajstić information content (AvgIpc) is 2.31. The molecule has 1 aromatic carbocycles. The first-order valence-electron chi connectivity index (χ1n) is 4.94. The largest absolute Gasteiger partial charge is 0.302 e. The number of hydrogen-bond donors (Lipinski definition) is 0. The molecular weight excluding hydrogens is 242 g/mol. The van der Waals surface area contributed by atoms with Crippen LogP contribution in [0, 0.1) is 10.1 Å². The van der Waals surface area contributed by atoms with E-state index < -0.39 is 16.4 Å². The first-order chi connectivity index (χ1) is 7.95. The van der Waals surface area contributed by atoms with Crippen LogP contribution < -0.4 is 0 Å². The molecule has 1 aromatic rings. The van der Waals surface area contributed by atoms with Gasteiger partial charge in [0, 0.05) is 16.9 Å². The summed E-state index contributed by atoms with van der Waals surface area (Å²) in [6.45, 7) is 4.81. The Bertz CT molecular complexity index is 444. The zero-order valence-corrected chi connectivity index (χ0v) is 10.1. The maximum atomic E-state index is 11.1. The zero-order valence-electron chi connectivity index (χ0n) is 9.30. The molecular formula is C12H12ClNO3. The van der Waals surface area contributed by atoms with Crippen molar-refractivity contribution in [1.29, 1.82) is 0 Å². The van der Waals surface area contributed by atoms with Gasteiger partial charge in [0.15, 0.2) is 0 Å². The molecule has 2 atom stereocenters. The van der Waals surface area contributed by atoms with Crippen LogP contribution in [0.25, 0.3) is 0 Å². The first-order valence-corrected chi connectivity index (χ1v) is 5.32. The highest BCUT2D eigenvalue weighted by molar-refractivity contribution is 6.30. The lowest BCUT2D eigenvalue weighted by atomic mass is 9.82. The molecule has 90 valence electrons. The molecule has 0 aliphatic heterocycles. The average molecular weight is 254 g/mol. The van der Waals surface area contributed by atoms with Crippen LogP contribution in [-0.2, 0) is 4.79 Å². The van der Waals surface area contributed by atoms with Gasteiger partial charge in [0.2, 0.25) is 0 Å². The second-order valence-electron chi connectivity index (χ2n) is 3.85. The Morgan fingerprint density at radius 1 is 1.47 bits per heavy atom. The summed E-state index contributed by atoms with van der Waals surface area (Å²) in [6.07, 6.45) is 1.74. The molecule has 0 N–H and O–H groups in total. The summed E-state index contributed by atoms with van der Waals surface area (Å²) >= 11 is 5.73. The zero-order chi connectivity index (χ0) is 13.1. The van der Waals surface area contributed by atoms with Crippen molar-refractivity contribution in [2.24, 2.45) is 0 Å². The van der Waals surface area contributed by atoms with E-state index in [1.165, 1.54) is 13.0 Å². The summed E-state index contributed by atoms with van der Waals surface area (Å²) in [7, 11) is 0. The summed E-state index contributed by atoms with van der Waals surface area (Å²) in [4.78, 5) is 21.7. The number of halogens is 1. The molecule has 0 aliphatic rings. The quantitative estimate of drug-likeness (QED) is 0.351. The van der Waals surface area contributed by atoms with E-state index in [4.69, 9.17) is 11.6 Å². The van der Waals surface area contributed by atoms with Gasteiger partial charge in [-0.05, 0) is 23.8 Å². The van der Waals surface area contributed by atoms with Gasteiger partial charge in [-0.1, -0.05) is 30.3 Å². The van der Waals surface area contributed by atoms with E-state index in [9.17, 15) is 14.9 Å². The van der Waals surface area contributed by atoms with Crippen molar-refractivity contribution in [3.8, 4) is 0 Å². The lowest BCUT2D eigenvalue weighted by molar-refractivity contribution is -0.552. The number of nitro groups is 1. The third-order valence-corrected chi connectivity index (χ3v) is 3.05. The van der Waals surface area contributed by atoms with Crippen molar-refractivity contribution in [2.75, 3.05) is 0 Å². The van der Waals surface area contributed by atoms with Crippen LogP contribution in [0.15, 0.2) is 36.9 Å². The summed E-state index contributed by atoms with van der Waals surface area (Å²) < 4.78 is 0. The molecule has 4 nitrogen and oxygen atoms in total. The third-order valence-electron chi connectivity index (χ3n) is 2.80. The number of carbonyl (C=O) groups excluding carboxylic acids is 1. The minimum atomic E-state index is -1.52. The number of benzene rings is 1. The van der Waals surface area contributed by atoms with Gasteiger partial charge in [-0.25, -0.2) is 0 Å². The van der Waals surface area contributed by atoms with Gasteiger partial charge in [0.25, 0.3) is 5.54 Å². The van der Waals surface area contributed by atoms with Crippen LogP contribution in [-0.4, -0.2) is 16.7 Å². The Balaban J connectivity index is 3.23. The monoisotopic (exact) mass is 253 g/mol. The van der Waals surface area contributed by atoms with Crippen molar-refractivity contribution in [3.63, 3.8) is 0 Å². The fourth-order valence-electron chi connectivity index (χ4n) is 1.54. The van der Waals surface area contributed by atoms with E-state index in [1.807, 2.05) is 0 Å². The van der Waals surface area contributed by atoms with Crippen molar-refractivity contribution >= 4 is 17.9 Å². The number of carbonyl (C=O) groups is 1. The molecule has 1 rings (SSSR count). The van der Waals surface area contributed by atoms with Crippen LogP contribution in [0.2, 0.25) is 5.02 Å². The van der Waals surface area contributed by atoms with E-state index >= 15 is 0 Å². The van der Waals surface area contributed by atoms with E-state index in [1.54, 1.807) is 24.3 Å². The Morgan fingerprint density at radius 3 is 2.35 bits per heavy atom. The molecule has 0 spiro atoms. The standard InChI is InChI=1S/C12H12ClNO3/c1-3-12(2,14(16)17)11(8-15)9-4-6-10(13)7-5-9/h3-8,11H,1H2,2H3. The van der Waals surface area contributed by atoms with E-state index in [0.29, 0.717) is 16.9 Å². The lowest BCUT2D eigenvalue weighted by Gasteiger charge is -2.23. The fourth-order valence-corrected chi connectivity index (χ4v) is 1.66. The van der Waals surface area contributed by atoms with E-state index in [-0.39, 0.29) is 0 Å². The molecule has 5 heteroatoms. The molecule has 0 fully saturated rings. The predicted molar refractivity (Wildman–Crippen MR) is 65.9 cm³/mol. The molecule has 0 aliphatic carbocycles. The van der Waals surface area contributed by atoms with Crippen LogP contribution in [0.4, 0.5) is 0 Å². The molecule has 17 heavy (non-hydrogen) atoms. The highest BCUT2D eigenvalue weighted by atomic mass is 35.5. The molecule has 0 amide bonds. The summed E-state index contributed by atoms with van der Waals surface area (Å²) in [6, 6.07) is 6.40. The minimum absolute atomic E-state index is 0.506. The van der Waals surface area contributed by atoms with Crippen LogP contribution in [0.3, 0.4) is 0 Å². The third kappa shape index (κ3) is 2.53. The highest BCUT2D eigenvalue weighted by Gasteiger charge is 2.43. The van der Waals surface area contributed by atoms with Crippen molar-refractivity contribution < 1.29 is 9.72 Å². The van der Waals surface area contributed by atoms with Crippen molar-refractivity contribution in [1.82, 2.24) is 0 Å². The van der Waals surface area contributed by atoms with Gasteiger partial charge in [-0.15, -0.1) is 0 Å². The molecule has 0 aromatic heterocycles. The predicted octanol–water partition coefficient (Wildman–Crippen LogP) is 2.84. The van der Waals surface area contributed by atoms with Gasteiger partial charge in [-0.2, -0.15) is 0 Å². The van der Waals surface area contributed by atoms with Crippen molar-refractivity contribution in [3.05, 3.63) is 57.6 Å². The van der Waals surface area contributed by atoms with Crippen LogP contribution in [0.1, 0.15) is 18.4 Å². The van der Waals surface area contributed by atoms with Gasteiger partial charge in [0.05, 0.1) is 0 Å². The SMILES string of the molecule is C=CC(C)(C(C=O)c1ccc(Cl)cc1)[N+](=O)[O-]. The number of rotatable bonds is 5.